The second kappa shape index (κ2) is 6.43. The second-order valence-corrected chi connectivity index (χ2v) is 4.01. The summed E-state index contributed by atoms with van der Waals surface area (Å²) in [5, 5.41) is 8.67. The molecule has 0 saturated heterocycles. The lowest BCUT2D eigenvalue weighted by Crippen LogP contribution is -2.02. The van der Waals surface area contributed by atoms with Gasteiger partial charge >= 0.3 is 0 Å². The Morgan fingerprint density at radius 1 is 1.15 bits per heavy atom. The van der Waals surface area contributed by atoms with Crippen molar-refractivity contribution >= 4 is 0 Å². The molecule has 0 spiro atoms. The second-order valence-electron chi connectivity index (χ2n) is 4.01. The molecule has 1 heterocycles. The van der Waals surface area contributed by atoms with Crippen LogP contribution in [0.5, 0.6) is 17.2 Å². The van der Waals surface area contributed by atoms with Crippen LogP contribution >= 0.6 is 0 Å². The number of methoxy groups -OCH3 is 1. The largest absolute Gasteiger partial charge is 0.496 e. The molecule has 2 aromatic rings. The Balaban J connectivity index is 2.24. The summed E-state index contributed by atoms with van der Waals surface area (Å²) in [6.07, 6.45) is 3.37. The van der Waals surface area contributed by atoms with Gasteiger partial charge in [0.05, 0.1) is 18.4 Å². The van der Waals surface area contributed by atoms with Gasteiger partial charge in [-0.3, -0.25) is 4.98 Å². The van der Waals surface area contributed by atoms with Crippen LogP contribution in [-0.2, 0) is 6.61 Å². The van der Waals surface area contributed by atoms with Gasteiger partial charge in [-0.2, -0.15) is 0 Å². The van der Waals surface area contributed by atoms with Gasteiger partial charge in [-0.05, 0) is 31.2 Å². The van der Waals surface area contributed by atoms with E-state index in [4.69, 9.17) is 19.5 Å². The van der Waals surface area contributed by atoms with E-state index in [1.165, 1.54) is 0 Å². The molecule has 1 aromatic carbocycles. The zero-order valence-corrected chi connectivity index (χ0v) is 11.3. The molecule has 0 amide bonds. The lowest BCUT2D eigenvalue weighted by atomic mass is 10.2. The molecule has 0 unspecified atom stereocenters. The smallest absolute Gasteiger partial charge is 0.292 e. The van der Waals surface area contributed by atoms with Crippen molar-refractivity contribution in [1.29, 1.82) is 5.26 Å². The maximum absolute atomic E-state index is 8.67. The van der Waals surface area contributed by atoms with E-state index in [0.29, 0.717) is 22.8 Å². The molecule has 0 bridgehead atoms. The highest BCUT2D eigenvalue weighted by molar-refractivity contribution is 5.45. The van der Waals surface area contributed by atoms with Crippen LogP contribution in [0.15, 0.2) is 36.5 Å². The fourth-order valence-electron chi connectivity index (χ4n) is 1.80. The summed E-state index contributed by atoms with van der Waals surface area (Å²) in [7, 11) is 1.56. The number of nitrogens with zero attached hydrogens (tertiary/aromatic N) is 2. The molecule has 0 radical (unpaired) electrons. The Morgan fingerprint density at radius 3 is 2.60 bits per heavy atom. The number of aromatic nitrogens is 1. The topological polar surface area (TPSA) is 64.4 Å². The highest BCUT2D eigenvalue weighted by Crippen LogP contribution is 2.30. The molecule has 102 valence electrons. The van der Waals surface area contributed by atoms with Crippen molar-refractivity contribution in [2.24, 2.45) is 0 Å². The monoisotopic (exact) mass is 270 g/mol. The standard InChI is InChI=1S/C15H14N2O3/c1-11-13(7-4-8-17-11)19-9-12-14(18-2)5-3-6-15(12)20-10-16/h3-8H,9H2,1-2H3. The van der Waals surface area contributed by atoms with Gasteiger partial charge in [-0.1, -0.05) is 6.07 Å². The van der Waals surface area contributed by atoms with Crippen LogP contribution in [0, 0.1) is 18.4 Å². The normalized spacial score (nSPS) is 9.65. The minimum atomic E-state index is 0.230. The first kappa shape index (κ1) is 13.7. The first-order valence-electron chi connectivity index (χ1n) is 6.02. The number of hydrogen-bond donors (Lipinski definition) is 0. The Hall–Kier alpha value is -2.74. The van der Waals surface area contributed by atoms with Crippen molar-refractivity contribution in [2.75, 3.05) is 7.11 Å². The third kappa shape index (κ3) is 2.98. The predicted octanol–water partition coefficient (Wildman–Crippen LogP) is 2.84. The van der Waals surface area contributed by atoms with Crippen molar-refractivity contribution in [3.8, 4) is 23.5 Å². The van der Waals surface area contributed by atoms with Gasteiger partial charge in [-0.15, -0.1) is 5.26 Å². The zero-order valence-electron chi connectivity index (χ0n) is 11.3. The van der Waals surface area contributed by atoms with Gasteiger partial charge < -0.3 is 14.2 Å². The maximum Gasteiger partial charge on any atom is 0.292 e. The van der Waals surface area contributed by atoms with Crippen LogP contribution in [0.1, 0.15) is 11.3 Å². The van der Waals surface area contributed by atoms with E-state index in [-0.39, 0.29) is 6.61 Å². The number of hydrogen-bond acceptors (Lipinski definition) is 5. The van der Waals surface area contributed by atoms with Crippen molar-refractivity contribution in [1.82, 2.24) is 4.98 Å². The van der Waals surface area contributed by atoms with Crippen LogP contribution in [0.3, 0.4) is 0 Å². The van der Waals surface area contributed by atoms with Crippen molar-refractivity contribution in [2.45, 2.75) is 13.5 Å². The minimum absolute atomic E-state index is 0.230. The van der Waals surface area contributed by atoms with Gasteiger partial charge in [0.25, 0.3) is 6.26 Å². The molecule has 5 heteroatoms. The van der Waals surface area contributed by atoms with Crippen molar-refractivity contribution < 1.29 is 14.2 Å². The van der Waals surface area contributed by atoms with Gasteiger partial charge in [0.2, 0.25) is 0 Å². The minimum Gasteiger partial charge on any atom is -0.496 e. The van der Waals surface area contributed by atoms with E-state index in [9.17, 15) is 0 Å². The van der Waals surface area contributed by atoms with Crippen LogP contribution in [-0.4, -0.2) is 12.1 Å². The summed E-state index contributed by atoms with van der Waals surface area (Å²) in [6, 6.07) is 8.88. The summed E-state index contributed by atoms with van der Waals surface area (Å²) in [5.41, 5.74) is 1.48. The molecule has 0 fully saturated rings. The van der Waals surface area contributed by atoms with Crippen molar-refractivity contribution in [3.05, 3.63) is 47.8 Å². The van der Waals surface area contributed by atoms with E-state index in [1.54, 1.807) is 43.8 Å². The molecular formula is C15H14N2O3. The van der Waals surface area contributed by atoms with Crippen LogP contribution in [0.2, 0.25) is 0 Å². The van der Waals surface area contributed by atoms with Gasteiger partial charge in [-0.25, -0.2) is 0 Å². The Kier molecular flexibility index (Phi) is 4.40. The highest BCUT2D eigenvalue weighted by atomic mass is 16.5. The number of ether oxygens (including phenoxy) is 3. The molecule has 2 rings (SSSR count). The van der Waals surface area contributed by atoms with Crippen LogP contribution < -0.4 is 14.2 Å². The summed E-state index contributed by atoms with van der Waals surface area (Å²) in [4.78, 5) is 4.15. The molecule has 0 atom stereocenters. The third-order valence-corrected chi connectivity index (χ3v) is 2.80. The Labute approximate surface area is 117 Å². The van der Waals surface area contributed by atoms with Gasteiger partial charge in [0, 0.05) is 6.20 Å². The fraction of sp³-hybridized carbons (Fsp3) is 0.200. The SMILES string of the molecule is COc1cccc(OC#N)c1COc1cccnc1C. The van der Waals surface area contributed by atoms with Crippen LogP contribution in [0.25, 0.3) is 0 Å². The summed E-state index contributed by atoms with van der Waals surface area (Å²) >= 11 is 0. The Morgan fingerprint density at radius 2 is 1.90 bits per heavy atom. The van der Waals surface area contributed by atoms with E-state index < -0.39 is 0 Å². The maximum atomic E-state index is 8.67. The summed E-state index contributed by atoms with van der Waals surface area (Å²) < 4.78 is 15.9. The molecule has 0 aliphatic rings. The fourth-order valence-corrected chi connectivity index (χ4v) is 1.80. The summed E-state index contributed by atoms with van der Waals surface area (Å²) in [6.45, 7) is 2.10. The third-order valence-electron chi connectivity index (χ3n) is 2.80. The molecule has 0 N–H and O–H groups in total. The molecule has 0 aliphatic carbocycles. The zero-order chi connectivity index (χ0) is 14.4. The van der Waals surface area contributed by atoms with Gasteiger partial charge in [0.15, 0.2) is 5.75 Å². The molecule has 0 saturated carbocycles. The van der Waals surface area contributed by atoms with E-state index >= 15 is 0 Å². The van der Waals surface area contributed by atoms with E-state index in [0.717, 1.165) is 5.69 Å². The van der Waals surface area contributed by atoms with Gasteiger partial charge in [0.1, 0.15) is 18.1 Å². The highest BCUT2D eigenvalue weighted by Gasteiger charge is 2.12. The number of rotatable bonds is 5. The first-order valence-corrected chi connectivity index (χ1v) is 6.02. The molecule has 1 aromatic heterocycles. The van der Waals surface area contributed by atoms with Crippen molar-refractivity contribution in [3.63, 3.8) is 0 Å². The average Bonchev–Trinajstić information content (AvgIpc) is 2.47. The molecular weight excluding hydrogens is 256 g/mol. The summed E-state index contributed by atoms with van der Waals surface area (Å²) in [5.74, 6) is 1.72. The van der Waals surface area contributed by atoms with Crippen LogP contribution in [0.4, 0.5) is 0 Å². The van der Waals surface area contributed by atoms with E-state index in [2.05, 4.69) is 4.98 Å². The Bertz CT molecular complexity index is 635. The quantitative estimate of drug-likeness (QED) is 0.782. The lowest BCUT2D eigenvalue weighted by Gasteiger charge is -2.13. The van der Waals surface area contributed by atoms with E-state index in [1.807, 2.05) is 13.0 Å². The lowest BCUT2D eigenvalue weighted by molar-refractivity contribution is 0.287. The number of benzene rings is 1. The number of nitriles is 1. The average molecular weight is 270 g/mol. The molecule has 5 nitrogen and oxygen atoms in total. The number of pyridine rings is 1. The molecule has 0 aliphatic heterocycles. The predicted molar refractivity (Wildman–Crippen MR) is 72.5 cm³/mol. The number of aryl methyl sites for hydroxylation is 1. The molecule has 20 heavy (non-hydrogen) atoms. The first-order chi connectivity index (χ1) is 9.76.